The zero-order chi connectivity index (χ0) is 13.8. The van der Waals surface area contributed by atoms with Crippen LogP contribution in [0.5, 0.6) is 0 Å². The summed E-state index contributed by atoms with van der Waals surface area (Å²) in [5, 5.41) is 22.2. The molecule has 1 atom stereocenters. The zero-order valence-corrected chi connectivity index (χ0v) is 10.6. The van der Waals surface area contributed by atoms with Gasteiger partial charge in [0.2, 0.25) is 0 Å². The van der Waals surface area contributed by atoms with Crippen LogP contribution in [0.25, 0.3) is 0 Å². The minimum atomic E-state index is -1.16. The Kier molecular flexibility index (Phi) is 9.99. The van der Waals surface area contributed by atoms with Crippen LogP contribution < -0.4 is 10.6 Å². The van der Waals surface area contributed by atoms with Crippen molar-refractivity contribution in [3.05, 3.63) is 0 Å². The summed E-state index contributed by atoms with van der Waals surface area (Å²) in [6, 6.07) is -1.61. The molecule has 0 saturated carbocycles. The maximum atomic E-state index is 11.3. The first-order valence-electron chi connectivity index (χ1n) is 6.07. The van der Waals surface area contributed by atoms with E-state index < -0.39 is 18.0 Å². The summed E-state index contributed by atoms with van der Waals surface area (Å²) in [5.41, 5.74) is 0. The third kappa shape index (κ3) is 8.77. The molecule has 1 unspecified atom stereocenters. The first kappa shape index (κ1) is 16.7. The summed E-state index contributed by atoms with van der Waals surface area (Å²) >= 11 is 0. The van der Waals surface area contributed by atoms with E-state index in [1.165, 1.54) is 0 Å². The molecule has 7 heteroatoms. The number of amides is 2. The Morgan fingerprint density at radius 1 is 1.33 bits per heavy atom. The molecule has 0 aliphatic heterocycles. The summed E-state index contributed by atoms with van der Waals surface area (Å²) in [4.78, 5) is 22.0. The minimum Gasteiger partial charge on any atom is -0.480 e. The van der Waals surface area contributed by atoms with Gasteiger partial charge < -0.3 is 25.6 Å². The number of carbonyl (C=O) groups is 2. The molecule has 0 fully saturated rings. The van der Waals surface area contributed by atoms with Crippen molar-refractivity contribution in [2.45, 2.75) is 32.2 Å². The second kappa shape index (κ2) is 10.8. The molecule has 0 radical (unpaired) electrons. The average Bonchev–Trinajstić information content (AvgIpc) is 2.33. The maximum Gasteiger partial charge on any atom is 0.326 e. The minimum absolute atomic E-state index is 0.0115. The van der Waals surface area contributed by atoms with Gasteiger partial charge in [0.25, 0.3) is 0 Å². The van der Waals surface area contributed by atoms with Gasteiger partial charge in [0, 0.05) is 32.8 Å². The van der Waals surface area contributed by atoms with Gasteiger partial charge >= 0.3 is 12.0 Å². The molecule has 0 aromatic carbocycles. The van der Waals surface area contributed by atoms with E-state index in [9.17, 15) is 9.59 Å². The standard InChI is InChI=1S/C11H22N2O5/c1-2-7-18-8-3-5-12-11(17)13-9(4-6-14)10(15)16/h9,14H,2-8H2,1H3,(H,15,16)(H2,12,13,17). The van der Waals surface area contributed by atoms with Crippen molar-refractivity contribution >= 4 is 12.0 Å². The fourth-order valence-electron chi connectivity index (χ4n) is 1.22. The molecular weight excluding hydrogens is 240 g/mol. The predicted octanol–water partition coefficient (Wildman–Crippen LogP) is -0.0621. The molecule has 0 rings (SSSR count). The first-order chi connectivity index (χ1) is 8.61. The van der Waals surface area contributed by atoms with Gasteiger partial charge in [-0.2, -0.15) is 0 Å². The van der Waals surface area contributed by atoms with Crippen LogP contribution in [0.3, 0.4) is 0 Å². The topological polar surface area (TPSA) is 108 Å². The SMILES string of the molecule is CCCOCCCNC(=O)NC(CCO)C(=O)O. The number of rotatable bonds is 10. The van der Waals surface area contributed by atoms with Crippen molar-refractivity contribution in [3.63, 3.8) is 0 Å². The number of carboxylic acid groups (broad SMARTS) is 1. The van der Waals surface area contributed by atoms with Crippen molar-refractivity contribution in [3.8, 4) is 0 Å². The van der Waals surface area contributed by atoms with Crippen molar-refractivity contribution in [1.82, 2.24) is 10.6 Å². The Labute approximate surface area is 107 Å². The molecule has 0 heterocycles. The average molecular weight is 262 g/mol. The Morgan fingerprint density at radius 3 is 2.61 bits per heavy atom. The highest BCUT2D eigenvalue weighted by Gasteiger charge is 2.18. The highest BCUT2D eigenvalue weighted by atomic mass is 16.5. The number of hydrogen-bond acceptors (Lipinski definition) is 4. The number of aliphatic hydroxyl groups is 1. The molecule has 0 aromatic rings. The van der Waals surface area contributed by atoms with E-state index in [4.69, 9.17) is 14.9 Å². The predicted molar refractivity (Wildman–Crippen MR) is 65.4 cm³/mol. The molecular formula is C11H22N2O5. The fraction of sp³-hybridized carbons (Fsp3) is 0.818. The second-order valence-electron chi connectivity index (χ2n) is 3.77. The normalized spacial score (nSPS) is 11.9. The van der Waals surface area contributed by atoms with E-state index in [2.05, 4.69) is 10.6 Å². The fourth-order valence-corrected chi connectivity index (χ4v) is 1.22. The van der Waals surface area contributed by atoms with E-state index in [1.54, 1.807) is 0 Å². The van der Waals surface area contributed by atoms with Gasteiger partial charge in [-0.05, 0) is 12.8 Å². The Hall–Kier alpha value is -1.34. The van der Waals surface area contributed by atoms with Gasteiger partial charge in [0.05, 0.1) is 0 Å². The molecule has 4 N–H and O–H groups in total. The van der Waals surface area contributed by atoms with Gasteiger partial charge in [-0.25, -0.2) is 9.59 Å². The van der Waals surface area contributed by atoms with Gasteiger partial charge in [-0.3, -0.25) is 0 Å². The van der Waals surface area contributed by atoms with Crippen LogP contribution >= 0.6 is 0 Å². The summed E-state index contributed by atoms with van der Waals surface area (Å²) in [6.07, 6.45) is 1.61. The molecule has 7 nitrogen and oxygen atoms in total. The Balaban J connectivity index is 3.65. The third-order valence-corrected chi connectivity index (χ3v) is 2.12. The molecule has 0 aromatic heterocycles. The lowest BCUT2D eigenvalue weighted by molar-refractivity contribution is -0.139. The number of ether oxygens (including phenoxy) is 1. The number of aliphatic hydroxyl groups excluding tert-OH is 1. The van der Waals surface area contributed by atoms with Gasteiger partial charge in [0.15, 0.2) is 0 Å². The number of carboxylic acids is 1. The number of nitrogens with one attached hydrogen (secondary N) is 2. The summed E-state index contributed by atoms with van der Waals surface area (Å²) in [7, 11) is 0. The van der Waals surface area contributed by atoms with E-state index in [-0.39, 0.29) is 13.0 Å². The first-order valence-corrected chi connectivity index (χ1v) is 6.07. The number of carbonyl (C=O) groups excluding carboxylic acids is 1. The number of aliphatic carboxylic acids is 1. The molecule has 0 spiro atoms. The van der Waals surface area contributed by atoms with Crippen LogP contribution in [-0.2, 0) is 9.53 Å². The Morgan fingerprint density at radius 2 is 2.06 bits per heavy atom. The third-order valence-electron chi connectivity index (χ3n) is 2.12. The summed E-state index contributed by atoms with van der Waals surface area (Å²) < 4.78 is 5.22. The lowest BCUT2D eigenvalue weighted by atomic mass is 10.2. The highest BCUT2D eigenvalue weighted by Crippen LogP contribution is 1.91. The smallest absolute Gasteiger partial charge is 0.326 e. The lowest BCUT2D eigenvalue weighted by Gasteiger charge is -2.13. The summed E-state index contributed by atoms with van der Waals surface area (Å²) in [5.74, 6) is -1.16. The van der Waals surface area contributed by atoms with Gasteiger partial charge in [-0.1, -0.05) is 6.92 Å². The second-order valence-corrected chi connectivity index (χ2v) is 3.77. The zero-order valence-electron chi connectivity index (χ0n) is 10.6. The van der Waals surface area contributed by atoms with Crippen molar-refractivity contribution in [1.29, 1.82) is 0 Å². The highest BCUT2D eigenvalue weighted by molar-refractivity contribution is 5.82. The van der Waals surface area contributed by atoms with Crippen LogP contribution in [0, 0.1) is 0 Å². The van der Waals surface area contributed by atoms with Crippen molar-refractivity contribution in [2.75, 3.05) is 26.4 Å². The van der Waals surface area contributed by atoms with E-state index in [1.807, 2.05) is 6.92 Å². The van der Waals surface area contributed by atoms with E-state index in [0.29, 0.717) is 26.2 Å². The van der Waals surface area contributed by atoms with E-state index >= 15 is 0 Å². The van der Waals surface area contributed by atoms with Crippen LogP contribution in [0.15, 0.2) is 0 Å². The number of hydrogen-bond donors (Lipinski definition) is 4. The van der Waals surface area contributed by atoms with Crippen molar-refractivity contribution in [2.24, 2.45) is 0 Å². The largest absolute Gasteiger partial charge is 0.480 e. The molecule has 2 amide bonds. The molecule has 0 aliphatic rings. The monoisotopic (exact) mass is 262 g/mol. The molecule has 0 saturated heterocycles. The van der Waals surface area contributed by atoms with Crippen LogP contribution in [0.2, 0.25) is 0 Å². The van der Waals surface area contributed by atoms with Crippen LogP contribution in [-0.4, -0.2) is 54.6 Å². The lowest BCUT2D eigenvalue weighted by Crippen LogP contribution is -2.46. The maximum absolute atomic E-state index is 11.3. The molecule has 106 valence electrons. The summed E-state index contributed by atoms with van der Waals surface area (Å²) in [6.45, 7) is 3.40. The van der Waals surface area contributed by atoms with Gasteiger partial charge in [-0.15, -0.1) is 0 Å². The molecule has 0 aliphatic carbocycles. The molecule has 18 heavy (non-hydrogen) atoms. The quantitative estimate of drug-likeness (QED) is 0.412. The van der Waals surface area contributed by atoms with Crippen LogP contribution in [0.1, 0.15) is 26.2 Å². The van der Waals surface area contributed by atoms with E-state index in [0.717, 1.165) is 6.42 Å². The van der Waals surface area contributed by atoms with Gasteiger partial charge in [0.1, 0.15) is 6.04 Å². The molecule has 0 bridgehead atoms. The Bertz CT molecular complexity index is 248. The number of urea groups is 1. The van der Waals surface area contributed by atoms with Crippen molar-refractivity contribution < 1.29 is 24.5 Å². The van der Waals surface area contributed by atoms with Crippen LogP contribution in [0.4, 0.5) is 4.79 Å².